The minimum atomic E-state index is -0.0293. The first-order valence-electron chi connectivity index (χ1n) is 6.57. The van der Waals surface area contributed by atoms with Gasteiger partial charge in [0, 0.05) is 17.8 Å². The summed E-state index contributed by atoms with van der Waals surface area (Å²) in [4.78, 5) is 3.94. The Bertz CT molecular complexity index is 619. The molecule has 1 atom stereocenters. The Kier molecular flexibility index (Phi) is 4.70. The number of nitrogens with zero attached hydrogens (tertiary/aromatic N) is 2. The normalized spacial score (nSPS) is 11.7. The first-order valence-corrected chi connectivity index (χ1v) is 6.57. The molecule has 0 aliphatic heterocycles. The van der Waals surface area contributed by atoms with Gasteiger partial charge in [0.05, 0.1) is 0 Å². The summed E-state index contributed by atoms with van der Waals surface area (Å²) >= 11 is 0. The average molecular weight is 267 g/mol. The Hall–Kier alpha value is -2.38. The molecule has 102 valence electrons. The summed E-state index contributed by atoms with van der Waals surface area (Å²) < 4.78 is 5.83. The van der Waals surface area contributed by atoms with Crippen LogP contribution in [0, 0.1) is 11.3 Å². The van der Waals surface area contributed by atoms with E-state index in [4.69, 9.17) is 15.7 Å². The van der Waals surface area contributed by atoms with Crippen molar-refractivity contribution in [2.75, 3.05) is 0 Å². The van der Waals surface area contributed by atoms with Gasteiger partial charge in [-0.1, -0.05) is 25.1 Å². The Morgan fingerprint density at radius 1 is 1.35 bits per heavy atom. The van der Waals surface area contributed by atoms with Crippen LogP contribution in [0.4, 0.5) is 0 Å². The first kappa shape index (κ1) is 14.0. The third kappa shape index (κ3) is 3.34. The van der Waals surface area contributed by atoms with Gasteiger partial charge in [-0.2, -0.15) is 5.26 Å². The zero-order valence-corrected chi connectivity index (χ0v) is 11.4. The van der Waals surface area contributed by atoms with Crippen LogP contribution in [-0.2, 0) is 6.61 Å². The first-order chi connectivity index (χ1) is 9.74. The maximum absolute atomic E-state index is 8.83. The molecule has 0 aliphatic rings. The molecule has 0 unspecified atom stereocenters. The topological polar surface area (TPSA) is 71.9 Å². The molecule has 0 fully saturated rings. The third-order valence-electron chi connectivity index (χ3n) is 3.09. The second-order valence-electron chi connectivity index (χ2n) is 4.50. The fourth-order valence-corrected chi connectivity index (χ4v) is 1.92. The standard InChI is InChI=1S/C16H17N3O/c1-2-15(18)14-5-3-4-6-16(14)20-11-12-7-8-19-13(9-12)10-17/h3-9,15H,2,11,18H2,1H3/t15-/m0/s1. The number of hydrogen-bond acceptors (Lipinski definition) is 4. The smallest absolute Gasteiger partial charge is 0.140 e. The molecule has 0 radical (unpaired) electrons. The van der Waals surface area contributed by atoms with Crippen molar-refractivity contribution in [3.8, 4) is 11.8 Å². The van der Waals surface area contributed by atoms with E-state index in [9.17, 15) is 0 Å². The van der Waals surface area contributed by atoms with Crippen LogP contribution in [0.5, 0.6) is 5.75 Å². The number of rotatable bonds is 5. The summed E-state index contributed by atoms with van der Waals surface area (Å²) in [6, 6.07) is 13.3. The van der Waals surface area contributed by atoms with Gasteiger partial charge >= 0.3 is 0 Å². The molecule has 2 N–H and O–H groups in total. The predicted molar refractivity (Wildman–Crippen MR) is 76.9 cm³/mol. The molecule has 2 rings (SSSR count). The highest BCUT2D eigenvalue weighted by molar-refractivity contribution is 5.36. The van der Waals surface area contributed by atoms with Crippen molar-refractivity contribution in [1.29, 1.82) is 5.26 Å². The summed E-state index contributed by atoms with van der Waals surface area (Å²) in [7, 11) is 0. The SMILES string of the molecule is CC[C@H](N)c1ccccc1OCc1ccnc(C#N)c1. The van der Waals surface area contributed by atoms with Crippen molar-refractivity contribution in [2.24, 2.45) is 5.73 Å². The van der Waals surface area contributed by atoms with Gasteiger partial charge in [-0.15, -0.1) is 0 Å². The molecule has 4 heteroatoms. The Morgan fingerprint density at radius 3 is 2.90 bits per heavy atom. The van der Waals surface area contributed by atoms with Gasteiger partial charge in [-0.25, -0.2) is 4.98 Å². The zero-order valence-electron chi connectivity index (χ0n) is 11.4. The zero-order chi connectivity index (χ0) is 14.4. The second kappa shape index (κ2) is 6.69. The Labute approximate surface area is 118 Å². The summed E-state index contributed by atoms with van der Waals surface area (Å²) in [5.74, 6) is 0.789. The van der Waals surface area contributed by atoms with Crippen molar-refractivity contribution in [2.45, 2.75) is 26.0 Å². The van der Waals surface area contributed by atoms with E-state index < -0.39 is 0 Å². The van der Waals surface area contributed by atoms with E-state index >= 15 is 0 Å². The van der Waals surface area contributed by atoms with Crippen LogP contribution in [0.2, 0.25) is 0 Å². The fourth-order valence-electron chi connectivity index (χ4n) is 1.92. The van der Waals surface area contributed by atoms with E-state index in [-0.39, 0.29) is 6.04 Å². The predicted octanol–water partition coefficient (Wildman–Crippen LogP) is 2.94. The lowest BCUT2D eigenvalue weighted by Gasteiger charge is -2.15. The minimum Gasteiger partial charge on any atom is -0.489 e. The number of pyridine rings is 1. The monoisotopic (exact) mass is 267 g/mol. The molecule has 0 saturated carbocycles. The maximum Gasteiger partial charge on any atom is 0.140 e. The number of nitriles is 1. The lowest BCUT2D eigenvalue weighted by Crippen LogP contribution is -2.10. The molecule has 0 bridgehead atoms. The van der Waals surface area contributed by atoms with Crippen LogP contribution in [0.25, 0.3) is 0 Å². The van der Waals surface area contributed by atoms with Crippen LogP contribution in [0.3, 0.4) is 0 Å². The van der Waals surface area contributed by atoms with E-state index in [0.29, 0.717) is 12.3 Å². The molecule has 0 spiro atoms. The lowest BCUT2D eigenvalue weighted by atomic mass is 10.0. The molecule has 1 heterocycles. The molecule has 0 saturated heterocycles. The third-order valence-corrected chi connectivity index (χ3v) is 3.09. The Morgan fingerprint density at radius 2 is 2.15 bits per heavy atom. The van der Waals surface area contributed by atoms with Gasteiger partial charge in [0.1, 0.15) is 24.1 Å². The van der Waals surface area contributed by atoms with Crippen LogP contribution in [0.15, 0.2) is 42.6 Å². The molecule has 1 aromatic carbocycles. The molecular formula is C16H17N3O. The van der Waals surface area contributed by atoms with E-state index in [2.05, 4.69) is 4.98 Å². The Balaban J connectivity index is 2.13. The summed E-state index contributed by atoms with van der Waals surface area (Å²) in [6.45, 7) is 2.44. The van der Waals surface area contributed by atoms with Crippen molar-refractivity contribution < 1.29 is 4.74 Å². The molecule has 1 aromatic heterocycles. The molecule has 2 aromatic rings. The molecule has 0 aliphatic carbocycles. The maximum atomic E-state index is 8.83. The van der Waals surface area contributed by atoms with Crippen LogP contribution in [-0.4, -0.2) is 4.98 Å². The number of ether oxygens (including phenoxy) is 1. The van der Waals surface area contributed by atoms with Gasteiger partial charge < -0.3 is 10.5 Å². The quantitative estimate of drug-likeness (QED) is 0.904. The number of benzene rings is 1. The summed E-state index contributed by atoms with van der Waals surface area (Å²) in [6.07, 6.45) is 2.47. The summed E-state index contributed by atoms with van der Waals surface area (Å²) in [5, 5.41) is 8.83. The van der Waals surface area contributed by atoms with Gasteiger partial charge in [0.2, 0.25) is 0 Å². The largest absolute Gasteiger partial charge is 0.489 e. The van der Waals surface area contributed by atoms with Crippen molar-refractivity contribution in [1.82, 2.24) is 4.98 Å². The van der Waals surface area contributed by atoms with E-state index in [1.807, 2.05) is 43.3 Å². The van der Waals surface area contributed by atoms with Gasteiger partial charge in [-0.05, 0) is 30.2 Å². The molecular weight excluding hydrogens is 250 g/mol. The van der Waals surface area contributed by atoms with Gasteiger partial charge in [0.15, 0.2) is 0 Å². The molecule has 0 amide bonds. The van der Waals surface area contributed by atoms with Crippen molar-refractivity contribution in [3.05, 3.63) is 59.4 Å². The number of hydrogen-bond donors (Lipinski definition) is 1. The number of para-hydroxylation sites is 1. The van der Waals surface area contributed by atoms with Crippen molar-refractivity contribution >= 4 is 0 Å². The van der Waals surface area contributed by atoms with Crippen LogP contribution >= 0.6 is 0 Å². The lowest BCUT2D eigenvalue weighted by molar-refractivity contribution is 0.300. The minimum absolute atomic E-state index is 0.0293. The molecule has 20 heavy (non-hydrogen) atoms. The molecule has 4 nitrogen and oxygen atoms in total. The fraction of sp³-hybridized carbons (Fsp3) is 0.250. The van der Waals surface area contributed by atoms with Crippen LogP contribution < -0.4 is 10.5 Å². The number of nitrogens with two attached hydrogens (primary N) is 1. The van der Waals surface area contributed by atoms with Crippen LogP contribution in [0.1, 0.15) is 36.2 Å². The van der Waals surface area contributed by atoms with Gasteiger partial charge in [-0.3, -0.25) is 0 Å². The van der Waals surface area contributed by atoms with Crippen molar-refractivity contribution in [3.63, 3.8) is 0 Å². The van der Waals surface area contributed by atoms with Gasteiger partial charge in [0.25, 0.3) is 0 Å². The average Bonchev–Trinajstić information content (AvgIpc) is 2.52. The highest BCUT2D eigenvalue weighted by atomic mass is 16.5. The highest BCUT2D eigenvalue weighted by Gasteiger charge is 2.10. The van der Waals surface area contributed by atoms with E-state index in [1.165, 1.54) is 0 Å². The number of aromatic nitrogens is 1. The summed E-state index contributed by atoms with van der Waals surface area (Å²) in [5.41, 5.74) is 8.39. The second-order valence-corrected chi connectivity index (χ2v) is 4.50. The highest BCUT2D eigenvalue weighted by Crippen LogP contribution is 2.26. The van der Waals surface area contributed by atoms with E-state index in [1.54, 1.807) is 12.3 Å². The van der Waals surface area contributed by atoms with E-state index in [0.717, 1.165) is 23.3 Å².